The Hall–Kier alpha value is -3.02. The topological polar surface area (TPSA) is 70.7 Å². The average Bonchev–Trinajstić information content (AvgIpc) is 2.65. The fourth-order valence-electron chi connectivity index (χ4n) is 2.38. The molecule has 0 bridgehead atoms. The molecule has 6 heteroatoms. The van der Waals surface area contributed by atoms with Crippen LogP contribution in [-0.2, 0) is 4.74 Å². The number of rotatable bonds is 8. The molecule has 0 spiro atoms. The lowest BCUT2D eigenvalue weighted by atomic mass is 10.1. The van der Waals surface area contributed by atoms with Gasteiger partial charge in [0.2, 0.25) is 0 Å². The lowest BCUT2D eigenvalue weighted by Gasteiger charge is -2.24. The van der Waals surface area contributed by atoms with E-state index < -0.39 is 6.09 Å². The summed E-state index contributed by atoms with van der Waals surface area (Å²) in [6.07, 6.45) is 0.340. The molecule has 2 rings (SSSR count). The summed E-state index contributed by atoms with van der Waals surface area (Å²) in [6.45, 7) is 5.26. The number of hydrogen-bond donors (Lipinski definition) is 2. The van der Waals surface area contributed by atoms with Crippen LogP contribution in [0.25, 0.3) is 0 Å². The van der Waals surface area contributed by atoms with Gasteiger partial charge < -0.3 is 15.0 Å². The minimum Gasteiger partial charge on any atom is -0.447 e. The van der Waals surface area contributed by atoms with Crippen LogP contribution in [0.5, 0.6) is 0 Å². The number of amides is 3. The van der Waals surface area contributed by atoms with E-state index in [1.54, 1.807) is 17.0 Å². The highest BCUT2D eigenvalue weighted by Gasteiger charge is 2.15. The molecule has 6 nitrogen and oxygen atoms in total. The number of anilines is 2. The summed E-state index contributed by atoms with van der Waals surface area (Å²) >= 11 is 0. The molecule has 2 aromatic carbocycles. The molecule has 0 radical (unpaired) electrons. The van der Waals surface area contributed by atoms with E-state index in [0.29, 0.717) is 24.7 Å². The van der Waals surface area contributed by atoms with Gasteiger partial charge in [0.05, 0.1) is 6.54 Å². The molecule has 3 amide bonds. The first-order chi connectivity index (χ1) is 13.0. The van der Waals surface area contributed by atoms with Gasteiger partial charge in [0.15, 0.2) is 0 Å². The lowest BCUT2D eigenvalue weighted by molar-refractivity contribution is 0.143. The normalized spacial score (nSPS) is 10.3. The second-order valence-corrected chi connectivity index (χ2v) is 6.59. The second-order valence-electron chi connectivity index (χ2n) is 6.59. The summed E-state index contributed by atoms with van der Waals surface area (Å²) < 4.78 is 5.21. The van der Waals surface area contributed by atoms with Crippen LogP contribution in [0.3, 0.4) is 0 Å². The fraction of sp³-hybridized carbons (Fsp3) is 0.333. The Balaban J connectivity index is 1.84. The van der Waals surface area contributed by atoms with E-state index in [-0.39, 0.29) is 12.6 Å². The van der Waals surface area contributed by atoms with Crippen molar-refractivity contribution in [3.63, 3.8) is 0 Å². The van der Waals surface area contributed by atoms with Crippen LogP contribution >= 0.6 is 0 Å². The third-order valence-electron chi connectivity index (χ3n) is 3.90. The zero-order valence-electron chi connectivity index (χ0n) is 15.9. The molecule has 0 aliphatic carbocycles. The number of carbonyl (C=O) groups is 2. The standard InChI is InChI=1S/C21H27N3O3/c1-17(2)13-14-24(20(25)22-18-9-5-3-6-10-18)15-16-27-21(26)23-19-11-7-4-8-12-19/h3-12,17H,13-16H2,1-2H3,(H,22,25)(H,23,26). The third-order valence-corrected chi connectivity index (χ3v) is 3.90. The molecule has 0 saturated heterocycles. The molecule has 2 aromatic rings. The largest absolute Gasteiger partial charge is 0.447 e. The van der Waals surface area contributed by atoms with Crippen molar-refractivity contribution in [2.75, 3.05) is 30.3 Å². The maximum absolute atomic E-state index is 12.6. The van der Waals surface area contributed by atoms with Crippen molar-refractivity contribution < 1.29 is 14.3 Å². The van der Waals surface area contributed by atoms with Crippen molar-refractivity contribution in [3.8, 4) is 0 Å². The van der Waals surface area contributed by atoms with Crippen molar-refractivity contribution in [3.05, 3.63) is 60.7 Å². The highest BCUT2D eigenvalue weighted by molar-refractivity contribution is 5.89. The van der Waals surface area contributed by atoms with Gasteiger partial charge >= 0.3 is 12.1 Å². The maximum Gasteiger partial charge on any atom is 0.411 e. The van der Waals surface area contributed by atoms with Crippen LogP contribution < -0.4 is 10.6 Å². The van der Waals surface area contributed by atoms with Crippen LogP contribution in [0.1, 0.15) is 20.3 Å². The van der Waals surface area contributed by atoms with Crippen LogP contribution in [0.4, 0.5) is 21.0 Å². The van der Waals surface area contributed by atoms with E-state index >= 15 is 0 Å². The average molecular weight is 369 g/mol. The van der Waals surface area contributed by atoms with Crippen LogP contribution in [0, 0.1) is 5.92 Å². The maximum atomic E-state index is 12.6. The molecular weight excluding hydrogens is 342 g/mol. The summed E-state index contributed by atoms with van der Waals surface area (Å²) in [6, 6.07) is 18.2. The van der Waals surface area contributed by atoms with E-state index in [1.807, 2.05) is 48.5 Å². The summed E-state index contributed by atoms with van der Waals surface area (Å²) in [5, 5.41) is 5.53. The van der Waals surface area contributed by atoms with Gasteiger partial charge in [0.25, 0.3) is 0 Å². The summed E-state index contributed by atoms with van der Waals surface area (Å²) in [7, 11) is 0. The zero-order valence-corrected chi connectivity index (χ0v) is 15.9. The number of carbonyl (C=O) groups excluding carboxylic acids is 2. The molecular formula is C21H27N3O3. The lowest BCUT2D eigenvalue weighted by Crippen LogP contribution is -2.39. The molecule has 2 N–H and O–H groups in total. The van der Waals surface area contributed by atoms with Gasteiger partial charge in [-0.3, -0.25) is 5.32 Å². The number of urea groups is 1. The molecule has 144 valence electrons. The number of nitrogens with one attached hydrogen (secondary N) is 2. The SMILES string of the molecule is CC(C)CCN(CCOC(=O)Nc1ccccc1)C(=O)Nc1ccccc1. The Morgan fingerprint density at radius 2 is 1.44 bits per heavy atom. The summed E-state index contributed by atoms with van der Waals surface area (Å²) in [4.78, 5) is 26.1. The highest BCUT2D eigenvalue weighted by Crippen LogP contribution is 2.09. The zero-order chi connectivity index (χ0) is 19.5. The number of nitrogens with zero attached hydrogens (tertiary/aromatic N) is 1. The van der Waals surface area contributed by atoms with E-state index in [9.17, 15) is 9.59 Å². The molecule has 0 fully saturated rings. The highest BCUT2D eigenvalue weighted by atomic mass is 16.5. The number of ether oxygens (including phenoxy) is 1. The predicted octanol–water partition coefficient (Wildman–Crippen LogP) is 4.82. The van der Waals surface area contributed by atoms with Crippen molar-refractivity contribution >= 4 is 23.5 Å². The van der Waals surface area contributed by atoms with E-state index in [2.05, 4.69) is 24.5 Å². The molecule has 0 saturated carbocycles. The van der Waals surface area contributed by atoms with Gasteiger partial charge in [0.1, 0.15) is 6.61 Å². The van der Waals surface area contributed by atoms with Crippen molar-refractivity contribution in [2.45, 2.75) is 20.3 Å². The quantitative estimate of drug-likeness (QED) is 0.701. The molecule has 0 atom stereocenters. The van der Waals surface area contributed by atoms with E-state index in [1.165, 1.54) is 0 Å². The third kappa shape index (κ3) is 7.81. The van der Waals surface area contributed by atoms with Gasteiger partial charge in [-0.25, -0.2) is 9.59 Å². The van der Waals surface area contributed by atoms with Gasteiger partial charge in [-0.1, -0.05) is 50.2 Å². The monoisotopic (exact) mass is 369 g/mol. The Morgan fingerprint density at radius 3 is 2.00 bits per heavy atom. The molecule has 0 heterocycles. The predicted molar refractivity (Wildman–Crippen MR) is 108 cm³/mol. The molecule has 27 heavy (non-hydrogen) atoms. The molecule has 0 aliphatic heterocycles. The number of para-hydroxylation sites is 2. The Labute approximate surface area is 160 Å². The first kappa shape index (κ1) is 20.3. The molecule has 0 aromatic heterocycles. The van der Waals surface area contributed by atoms with E-state index in [4.69, 9.17) is 4.74 Å². The molecule has 0 unspecified atom stereocenters. The van der Waals surface area contributed by atoms with Crippen LogP contribution in [0.2, 0.25) is 0 Å². The summed E-state index contributed by atoms with van der Waals surface area (Å²) in [5.74, 6) is 0.472. The van der Waals surface area contributed by atoms with Gasteiger partial charge in [-0.05, 0) is 36.6 Å². The Bertz CT molecular complexity index is 705. The smallest absolute Gasteiger partial charge is 0.411 e. The minimum absolute atomic E-state index is 0.124. The Morgan fingerprint density at radius 1 is 0.889 bits per heavy atom. The second kappa shape index (κ2) is 10.9. The van der Waals surface area contributed by atoms with E-state index in [0.717, 1.165) is 12.1 Å². The van der Waals surface area contributed by atoms with Gasteiger partial charge in [-0.15, -0.1) is 0 Å². The van der Waals surface area contributed by atoms with Crippen molar-refractivity contribution in [1.29, 1.82) is 0 Å². The fourth-order valence-corrected chi connectivity index (χ4v) is 2.38. The van der Waals surface area contributed by atoms with Crippen molar-refractivity contribution in [2.24, 2.45) is 5.92 Å². The number of benzene rings is 2. The molecule has 0 aliphatic rings. The first-order valence-corrected chi connectivity index (χ1v) is 9.14. The summed E-state index contributed by atoms with van der Waals surface area (Å²) in [5.41, 5.74) is 1.40. The van der Waals surface area contributed by atoms with Gasteiger partial charge in [-0.2, -0.15) is 0 Å². The Kier molecular flexibility index (Phi) is 8.16. The van der Waals surface area contributed by atoms with Crippen molar-refractivity contribution in [1.82, 2.24) is 4.90 Å². The first-order valence-electron chi connectivity index (χ1n) is 9.14. The number of hydrogen-bond acceptors (Lipinski definition) is 3. The van der Waals surface area contributed by atoms with Gasteiger partial charge in [0, 0.05) is 17.9 Å². The van der Waals surface area contributed by atoms with Crippen LogP contribution in [0.15, 0.2) is 60.7 Å². The minimum atomic E-state index is -0.534. The van der Waals surface area contributed by atoms with Crippen LogP contribution in [-0.4, -0.2) is 36.7 Å².